The number of amides is 1. The van der Waals surface area contributed by atoms with Crippen molar-refractivity contribution in [2.45, 2.75) is 101 Å². The number of carbonyl (C=O) groups excluding carboxylic acids is 3. The highest BCUT2D eigenvalue weighted by Gasteiger charge is 2.78. The average molecular weight is 834 g/mol. The summed E-state index contributed by atoms with van der Waals surface area (Å²) in [5, 5.41) is 17.9. The Bertz CT molecular complexity index is 2340. The molecule has 3 N–H and O–H groups in total. The Morgan fingerprint density at radius 2 is 1.85 bits per heavy atom. The van der Waals surface area contributed by atoms with Crippen LogP contribution in [0.25, 0.3) is 10.9 Å². The van der Waals surface area contributed by atoms with Gasteiger partial charge in [-0.2, -0.15) is 0 Å². The Morgan fingerprint density at radius 3 is 2.56 bits per heavy atom. The van der Waals surface area contributed by atoms with Gasteiger partial charge in [0, 0.05) is 96.9 Å². The van der Waals surface area contributed by atoms with Crippen molar-refractivity contribution in [2.24, 2.45) is 17.3 Å². The van der Waals surface area contributed by atoms with Crippen molar-refractivity contribution < 1.29 is 33.7 Å². The molecule has 9 rings (SSSR count). The summed E-state index contributed by atoms with van der Waals surface area (Å²) in [5.74, 6) is -0.760. The van der Waals surface area contributed by atoms with E-state index in [-0.39, 0.29) is 36.3 Å². The van der Waals surface area contributed by atoms with Crippen molar-refractivity contribution in [1.29, 1.82) is 0 Å². The molecule has 1 aromatic heterocycles. The Labute approximate surface area is 359 Å². The van der Waals surface area contributed by atoms with E-state index in [0.29, 0.717) is 31.6 Å². The molecule has 2 fully saturated rings. The number of aromatic amines is 1. The minimum Gasteiger partial charge on any atom is -0.496 e. The topological polar surface area (TPSA) is 137 Å². The number of nitrogens with zero attached hydrogens (tertiary/aromatic N) is 3. The summed E-state index contributed by atoms with van der Waals surface area (Å²) in [6, 6.07) is 11.8. The van der Waals surface area contributed by atoms with Crippen LogP contribution in [0.15, 0.2) is 60.2 Å². The van der Waals surface area contributed by atoms with Gasteiger partial charge >= 0.3 is 11.9 Å². The van der Waals surface area contributed by atoms with E-state index in [2.05, 4.69) is 87.4 Å². The van der Waals surface area contributed by atoms with E-state index in [9.17, 15) is 14.7 Å². The third kappa shape index (κ3) is 5.83. The Balaban J connectivity index is 1.35. The number of H-pyrrole nitrogens is 1. The largest absolute Gasteiger partial charge is 0.496 e. The number of carbonyl (C=O) groups is 3. The molecule has 0 radical (unpaired) electrons. The van der Waals surface area contributed by atoms with Crippen LogP contribution < -0.4 is 15.0 Å². The molecule has 1 saturated heterocycles. The number of aromatic nitrogens is 1. The minimum atomic E-state index is -1.74. The normalized spacial score (nSPS) is 33.7. The number of esters is 2. The van der Waals surface area contributed by atoms with Gasteiger partial charge in [0.1, 0.15) is 22.9 Å². The van der Waals surface area contributed by atoms with Gasteiger partial charge < -0.3 is 34.5 Å². The van der Waals surface area contributed by atoms with E-state index in [1.807, 2.05) is 27.0 Å². The predicted octanol–water partition coefficient (Wildman–Crippen LogP) is 5.40. The first-order valence-corrected chi connectivity index (χ1v) is 22.4. The van der Waals surface area contributed by atoms with Crippen LogP contribution in [0.3, 0.4) is 0 Å². The number of nitrogens with one attached hydrogen (secondary N) is 2. The number of para-hydroxylation sites is 1. The molecule has 1 saturated carbocycles. The van der Waals surface area contributed by atoms with E-state index in [4.69, 9.17) is 14.2 Å². The molecule has 12 heteroatoms. The number of hydrogen-bond donors (Lipinski definition) is 3. The fraction of sp³-hybridized carbons (Fsp3) is 0.571. The fourth-order valence-electron chi connectivity index (χ4n) is 13.4. The first-order chi connectivity index (χ1) is 29.2. The Kier molecular flexibility index (Phi) is 10.3. The van der Waals surface area contributed by atoms with Crippen LogP contribution in [0, 0.1) is 17.3 Å². The molecule has 6 aliphatic rings. The quantitative estimate of drug-likeness (QED) is 0.190. The van der Waals surface area contributed by atoms with Crippen LogP contribution in [0.4, 0.5) is 5.69 Å². The van der Waals surface area contributed by atoms with Gasteiger partial charge in [0.15, 0.2) is 0 Å². The van der Waals surface area contributed by atoms with Gasteiger partial charge in [-0.3, -0.25) is 24.2 Å². The van der Waals surface area contributed by atoms with Crippen LogP contribution in [0.1, 0.15) is 82.7 Å². The highest BCUT2D eigenvalue weighted by Crippen LogP contribution is 2.68. The Morgan fingerprint density at radius 1 is 1.07 bits per heavy atom. The number of rotatable bonds is 9. The molecular weight excluding hydrogens is 771 g/mol. The van der Waals surface area contributed by atoms with Crippen LogP contribution in [-0.2, 0) is 41.1 Å². The summed E-state index contributed by atoms with van der Waals surface area (Å²) in [7, 11) is 5.15. The van der Waals surface area contributed by atoms with Gasteiger partial charge in [0.05, 0.1) is 26.8 Å². The summed E-state index contributed by atoms with van der Waals surface area (Å²) in [6.07, 6.45) is 9.16. The zero-order valence-electron chi connectivity index (χ0n) is 37.1. The van der Waals surface area contributed by atoms with Crippen molar-refractivity contribution in [2.75, 3.05) is 65.4 Å². The molecule has 12 nitrogen and oxygen atoms in total. The third-order valence-electron chi connectivity index (χ3n) is 15.7. The summed E-state index contributed by atoms with van der Waals surface area (Å²) in [5.41, 5.74) is 2.31. The number of hydrogen-bond acceptors (Lipinski definition) is 10. The van der Waals surface area contributed by atoms with Crippen molar-refractivity contribution in [3.8, 4) is 5.75 Å². The van der Waals surface area contributed by atoms with E-state index in [1.54, 1.807) is 7.11 Å². The van der Waals surface area contributed by atoms with Crippen LogP contribution in [0.2, 0.25) is 0 Å². The summed E-state index contributed by atoms with van der Waals surface area (Å²) >= 11 is 0. The van der Waals surface area contributed by atoms with Crippen LogP contribution in [0.5, 0.6) is 5.75 Å². The number of benzene rings is 2. The van der Waals surface area contributed by atoms with Crippen LogP contribution in [-0.4, -0.2) is 122 Å². The van der Waals surface area contributed by atoms with E-state index in [1.165, 1.54) is 19.6 Å². The maximum absolute atomic E-state index is 15.4. The number of methoxy groups -OCH3 is 2. The molecule has 61 heavy (non-hydrogen) atoms. The lowest BCUT2D eigenvalue weighted by Crippen LogP contribution is -2.81. The second-order valence-electron chi connectivity index (χ2n) is 19.0. The van der Waals surface area contributed by atoms with E-state index >= 15 is 4.79 Å². The first-order valence-electron chi connectivity index (χ1n) is 22.4. The fourth-order valence-corrected chi connectivity index (χ4v) is 13.4. The maximum Gasteiger partial charge on any atom is 0.322 e. The van der Waals surface area contributed by atoms with Crippen molar-refractivity contribution in [3.63, 3.8) is 0 Å². The SMILES string of the molecule is CCC1=C[C@@H]2CN(CCc3c([nH]c4ccccc34)[C@@](C(=O)OC)(c3cc4c(cc3OC)N(C)[C@H]3[C@@](O)(CNC(=O)C(C)C)[C@H](OC(C)=O)[C@]5(CC)C=CCN6CC[C@]43C65)C2)C1. The molecule has 3 aromatic rings. The molecule has 5 aliphatic heterocycles. The number of ether oxygens (including phenoxy) is 3. The highest BCUT2D eigenvalue weighted by molar-refractivity contribution is 5.94. The van der Waals surface area contributed by atoms with Gasteiger partial charge in [-0.25, -0.2) is 0 Å². The van der Waals surface area contributed by atoms with Crippen molar-refractivity contribution in [1.82, 2.24) is 20.1 Å². The van der Waals surface area contributed by atoms with E-state index in [0.717, 1.165) is 78.0 Å². The predicted molar refractivity (Wildman–Crippen MR) is 235 cm³/mol. The van der Waals surface area contributed by atoms with Gasteiger partial charge in [-0.15, -0.1) is 0 Å². The number of aliphatic hydroxyl groups is 1. The maximum atomic E-state index is 15.4. The van der Waals surface area contributed by atoms with Crippen molar-refractivity contribution >= 4 is 34.4 Å². The second-order valence-corrected chi connectivity index (χ2v) is 19.0. The zero-order chi connectivity index (χ0) is 43.2. The van der Waals surface area contributed by atoms with E-state index < -0.39 is 40.0 Å². The van der Waals surface area contributed by atoms with Gasteiger partial charge in [0.25, 0.3) is 0 Å². The first kappa shape index (κ1) is 41.7. The molecule has 9 atom stereocenters. The molecule has 1 aliphatic carbocycles. The zero-order valence-corrected chi connectivity index (χ0v) is 37.1. The summed E-state index contributed by atoms with van der Waals surface area (Å²) < 4.78 is 18.8. The third-order valence-corrected chi connectivity index (χ3v) is 15.7. The summed E-state index contributed by atoms with van der Waals surface area (Å²) in [4.78, 5) is 53.0. The highest BCUT2D eigenvalue weighted by atomic mass is 16.6. The lowest BCUT2D eigenvalue weighted by molar-refractivity contribution is -0.217. The molecule has 1 amide bonds. The Hall–Kier alpha value is -4.65. The van der Waals surface area contributed by atoms with Gasteiger partial charge in [-0.05, 0) is 67.8 Å². The number of anilines is 1. The minimum absolute atomic E-state index is 0.0405. The molecule has 2 unspecified atom stereocenters. The van der Waals surface area contributed by atoms with Gasteiger partial charge in [0.2, 0.25) is 5.91 Å². The lowest BCUT2D eigenvalue weighted by atomic mass is 9.47. The lowest BCUT2D eigenvalue weighted by Gasteiger charge is -2.64. The molecule has 2 aromatic carbocycles. The smallest absolute Gasteiger partial charge is 0.322 e. The standard InChI is InChI=1S/C49H63N5O7/c1-9-31-22-32-25-48(45(57)60-8,40-34(16-20-53(26-31)27-32)33-14-11-12-15-37(33)51-40)36-23-35-38(24-39(36)59-7)52(6)43-47(35)18-21-54-19-13-17-46(10-2,42(47)54)44(61-30(5)55)49(43,58)28-50-41(56)29(3)4/h11-15,17,22-24,29,32,42-44,51,58H,9-10,16,18-21,25-28H2,1-8H3,(H,50,56)/t32-,42?,43+,44+,46+,47+,48-,49-/m0/s1. The van der Waals surface area contributed by atoms with Gasteiger partial charge in [-0.1, -0.05) is 69.7 Å². The molecule has 2 bridgehead atoms. The monoisotopic (exact) mass is 833 g/mol. The second kappa shape index (κ2) is 15.0. The van der Waals surface area contributed by atoms with Crippen LogP contribution >= 0.6 is 0 Å². The molecule has 1 spiro atoms. The molecule has 6 heterocycles. The number of likely N-dealkylation sites (N-methyl/N-ethyl adjacent to an activating group) is 1. The number of fused-ring (bicyclic) bond motifs is 6. The molecular formula is C49H63N5O7. The van der Waals surface area contributed by atoms with Crippen molar-refractivity contribution in [3.05, 3.63) is 82.6 Å². The molecule has 326 valence electrons. The summed E-state index contributed by atoms with van der Waals surface area (Å²) in [6.45, 7) is 13.3. The average Bonchev–Trinajstić information content (AvgIpc) is 3.92.